The third-order valence-corrected chi connectivity index (χ3v) is 5.50. The minimum Gasteiger partial charge on any atom is -0.497 e. The van der Waals surface area contributed by atoms with Gasteiger partial charge in [0.1, 0.15) is 18.4 Å². The van der Waals surface area contributed by atoms with E-state index < -0.39 is 0 Å². The maximum atomic E-state index is 13.1. The van der Waals surface area contributed by atoms with Crippen molar-refractivity contribution >= 4 is 22.5 Å². The molecule has 4 rings (SSSR count). The third kappa shape index (κ3) is 4.29. The highest BCUT2D eigenvalue weighted by atomic mass is 16.5. The average molecular weight is 392 g/mol. The first-order chi connectivity index (χ1) is 14.1. The van der Waals surface area contributed by atoms with Crippen molar-refractivity contribution in [3.63, 3.8) is 0 Å². The van der Waals surface area contributed by atoms with E-state index in [0.29, 0.717) is 31.6 Å². The monoisotopic (exact) mass is 392 g/mol. The topological polar surface area (TPSA) is 77.3 Å². The number of hydrogen-bond donors (Lipinski definition) is 0. The number of ketones is 1. The maximum absolute atomic E-state index is 13.1. The predicted molar refractivity (Wildman–Crippen MR) is 109 cm³/mol. The second-order valence-electron chi connectivity index (χ2n) is 7.38. The van der Waals surface area contributed by atoms with Crippen molar-refractivity contribution in [1.82, 2.24) is 19.7 Å². The molecule has 1 aliphatic heterocycles. The van der Waals surface area contributed by atoms with Crippen LogP contribution in [0.4, 0.5) is 0 Å². The molecule has 0 aliphatic carbocycles. The van der Waals surface area contributed by atoms with Crippen molar-refractivity contribution in [1.29, 1.82) is 0 Å². The zero-order valence-corrected chi connectivity index (χ0v) is 16.5. The molecule has 0 unspecified atom stereocenters. The number of benzene rings is 2. The summed E-state index contributed by atoms with van der Waals surface area (Å²) < 4.78 is 6.91. The lowest BCUT2D eigenvalue weighted by Crippen LogP contribution is -2.42. The minimum atomic E-state index is -0.158. The van der Waals surface area contributed by atoms with Gasteiger partial charge in [-0.3, -0.25) is 14.3 Å². The molecular formula is C22H24N4O3. The smallest absolute Gasteiger partial charge is 0.224 e. The van der Waals surface area contributed by atoms with Gasteiger partial charge in [0.15, 0.2) is 5.78 Å². The normalized spacial score (nSPS) is 16.7. The van der Waals surface area contributed by atoms with Gasteiger partial charge in [0, 0.05) is 31.0 Å². The summed E-state index contributed by atoms with van der Waals surface area (Å²) >= 11 is 0. The number of carbonyl (C=O) groups is 2. The molecule has 0 N–H and O–H groups in total. The van der Waals surface area contributed by atoms with Crippen LogP contribution in [0.2, 0.25) is 0 Å². The molecule has 0 bridgehead atoms. The van der Waals surface area contributed by atoms with Gasteiger partial charge in [-0.15, -0.1) is 0 Å². The van der Waals surface area contributed by atoms with Crippen LogP contribution in [0.1, 0.15) is 29.6 Å². The summed E-state index contributed by atoms with van der Waals surface area (Å²) in [5.41, 5.74) is 0.699. The molecule has 0 saturated carbocycles. The molecule has 7 heteroatoms. The summed E-state index contributed by atoms with van der Waals surface area (Å²) in [6, 6.07) is 11.6. The molecule has 1 aliphatic rings. The van der Waals surface area contributed by atoms with Gasteiger partial charge < -0.3 is 9.64 Å². The number of methoxy groups -OCH3 is 1. The lowest BCUT2D eigenvalue weighted by molar-refractivity contribution is -0.132. The van der Waals surface area contributed by atoms with Gasteiger partial charge in [-0.1, -0.05) is 18.2 Å². The molecule has 1 amide bonds. The maximum Gasteiger partial charge on any atom is 0.224 e. The summed E-state index contributed by atoms with van der Waals surface area (Å²) in [5, 5.41) is 6.07. The van der Waals surface area contributed by atoms with E-state index in [4.69, 9.17) is 4.74 Å². The molecule has 150 valence electrons. The molecule has 2 heterocycles. The first kappa shape index (κ1) is 19.1. The standard InChI is InChI=1S/C22H24N4O3/c1-29-20-7-6-16-11-18(5-4-17(16)12-20)22(28)19-3-2-9-25(13-19)21(27)8-10-26-15-23-14-24-26/h4-7,11-12,14-15,19H,2-3,8-10,13H2,1H3/t19-/m1/s1. The van der Waals surface area contributed by atoms with Crippen LogP contribution >= 0.6 is 0 Å². The number of fused-ring (bicyclic) bond motifs is 1. The molecule has 0 radical (unpaired) electrons. The Balaban J connectivity index is 1.42. The minimum absolute atomic E-state index is 0.0589. The van der Waals surface area contributed by atoms with Crippen LogP contribution < -0.4 is 4.74 Å². The molecule has 1 fully saturated rings. The fourth-order valence-corrected chi connectivity index (χ4v) is 3.87. The Morgan fingerprint density at radius 3 is 2.79 bits per heavy atom. The zero-order valence-electron chi connectivity index (χ0n) is 16.5. The molecule has 29 heavy (non-hydrogen) atoms. The second-order valence-corrected chi connectivity index (χ2v) is 7.38. The molecule has 1 aromatic heterocycles. The highest BCUT2D eigenvalue weighted by Gasteiger charge is 2.29. The molecule has 1 atom stereocenters. The van der Waals surface area contributed by atoms with Crippen LogP contribution in [-0.4, -0.2) is 51.6 Å². The Morgan fingerprint density at radius 2 is 2.00 bits per heavy atom. The molecule has 1 saturated heterocycles. The summed E-state index contributed by atoms with van der Waals surface area (Å²) in [7, 11) is 1.64. The summed E-state index contributed by atoms with van der Waals surface area (Å²) in [5.74, 6) is 0.804. The van der Waals surface area contributed by atoms with Gasteiger partial charge in [0.2, 0.25) is 5.91 Å². The van der Waals surface area contributed by atoms with E-state index in [9.17, 15) is 9.59 Å². The number of ether oxygens (including phenoxy) is 1. The van der Waals surface area contributed by atoms with Gasteiger partial charge in [-0.05, 0) is 41.8 Å². The lowest BCUT2D eigenvalue weighted by atomic mass is 9.89. The largest absolute Gasteiger partial charge is 0.497 e. The van der Waals surface area contributed by atoms with E-state index in [-0.39, 0.29) is 17.6 Å². The van der Waals surface area contributed by atoms with E-state index in [0.717, 1.165) is 29.4 Å². The van der Waals surface area contributed by atoms with E-state index in [1.807, 2.05) is 41.3 Å². The van der Waals surface area contributed by atoms with Gasteiger partial charge >= 0.3 is 0 Å². The van der Waals surface area contributed by atoms with Crippen molar-refractivity contribution < 1.29 is 14.3 Å². The van der Waals surface area contributed by atoms with E-state index >= 15 is 0 Å². The fraction of sp³-hybridized carbons (Fsp3) is 0.364. The number of aromatic nitrogens is 3. The molecule has 7 nitrogen and oxygen atoms in total. The first-order valence-corrected chi connectivity index (χ1v) is 9.86. The van der Waals surface area contributed by atoms with Crippen LogP contribution in [0.5, 0.6) is 5.75 Å². The van der Waals surface area contributed by atoms with E-state index in [1.54, 1.807) is 18.1 Å². The quantitative estimate of drug-likeness (QED) is 0.603. The van der Waals surface area contributed by atoms with Gasteiger partial charge in [0.25, 0.3) is 0 Å². The summed E-state index contributed by atoms with van der Waals surface area (Å²) in [6.07, 6.45) is 5.08. The first-order valence-electron chi connectivity index (χ1n) is 9.86. The van der Waals surface area contributed by atoms with Crippen LogP contribution in [0.3, 0.4) is 0 Å². The second kappa shape index (κ2) is 8.43. The highest BCUT2D eigenvalue weighted by Crippen LogP contribution is 2.26. The van der Waals surface area contributed by atoms with Gasteiger partial charge in [-0.2, -0.15) is 5.10 Å². The summed E-state index contributed by atoms with van der Waals surface area (Å²) in [6.45, 7) is 1.69. The lowest BCUT2D eigenvalue weighted by Gasteiger charge is -2.32. The highest BCUT2D eigenvalue weighted by molar-refractivity contribution is 6.01. The molecule has 2 aromatic carbocycles. The van der Waals surface area contributed by atoms with Crippen molar-refractivity contribution in [2.75, 3.05) is 20.2 Å². The molecule has 3 aromatic rings. The van der Waals surface area contributed by atoms with Crippen LogP contribution in [-0.2, 0) is 11.3 Å². The third-order valence-electron chi connectivity index (χ3n) is 5.50. The number of carbonyl (C=O) groups excluding carboxylic acids is 2. The predicted octanol–water partition coefficient (Wildman–Crippen LogP) is 2.95. The Kier molecular flexibility index (Phi) is 5.55. The number of hydrogen-bond acceptors (Lipinski definition) is 5. The molecular weight excluding hydrogens is 368 g/mol. The van der Waals surface area contributed by atoms with Crippen LogP contribution in [0, 0.1) is 5.92 Å². The Bertz CT molecular complexity index is 1020. The van der Waals surface area contributed by atoms with Gasteiger partial charge in [-0.25, -0.2) is 4.98 Å². The Labute approximate surface area is 169 Å². The number of piperidine rings is 1. The number of Topliss-reactive ketones (excluding diaryl/α,β-unsaturated/α-hetero) is 1. The number of amides is 1. The Hall–Kier alpha value is -3.22. The Morgan fingerprint density at radius 1 is 1.17 bits per heavy atom. The van der Waals surface area contributed by atoms with Crippen LogP contribution in [0.25, 0.3) is 10.8 Å². The van der Waals surface area contributed by atoms with Crippen molar-refractivity contribution in [3.8, 4) is 5.75 Å². The van der Waals surface area contributed by atoms with E-state index in [2.05, 4.69) is 10.1 Å². The molecule has 0 spiro atoms. The zero-order chi connectivity index (χ0) is 20.2. The fourth-order valence-electron chi connectivity index (χ4n) is 3.87. The van der Waals surface area contributed by atoms with Crippen molar-refractivity contribution in [3.05, 3.63) is 54.6 Å². The van der Waals surface area contributed by atoms with E-state index in [1.165, 1.54) is 6.33 Å². The number of likely N-dealkylation sites (tertiary alicyclic amines) is 1. The average Bonchev–Trinajstić information content (AvgIpc) is 3.30. The SMILES string of the molecule is COc1ccc2cc(C(=O)[C@@H]3CCCN(C(=O)CCn4cncn4)C3)ccc2c1. The number of nitrogens with zero attached hydrogens (tertiary/aromatic N) is 4. The van der Waals surface area contributed by atoms with Crippen molar-refractivity contribution in [2.24, 2.45) is 5.92 Å². The van der Waals surface area contributed by atoms with Crippen molar-refractivity contribution in [2.45, 2.75) is 25.8 Å². The summed E-state index contributed by atoms with van der Waals surface area (Å²) in [4.78, 5) is 31.4. The number of rotatable bonds is 6. The van der Waals surface area contributed by atoms with Gasteiger partial charge in [0.05, 0.1) is 13.7 Å². The van der Waals surface area contributed by atoms with Crippen LogP contribution in [0.15, 0.2) is 49.1 Å². The number of aryl methyl sites for hydroxylation is 1.